The van der Waals surface area contributed by atoms with Gasteiger partial charge in [0.25, 0.3) is 5.91 Å². The van der Waals surface area contributed by atoms with E-state index >= 15 is 0 Å². The molecule has 2 aromatic rings. The summed E-state index contributed by atoms with van der Waals surface area (Å²) in [5.74, 6) is -13.7. The number of benzene rings is 2. The minimum atomic E-state index is -1.52. The van der Waals surface area contributed by atoms with Crippen molar-refractivity contribution in [3.63, 3.8) is 0 Å². The highest BCUT2D eigenvalue weighted by atomic mass is 123. The fraction of sp³-hybridized carbons (Fsp3) is 0.581. The van der Waals surface area contributed by atoms with Crippen LogP contribution in [0.3, 0.4) is 0 Å². The van der Waals surface area contributed by atoms with Crippen LogP contribution in [0.5, 0.6) is 0 Å². The van der Waals surface area contributed by atoms with Crippen molar-refractivity contribution in [1.82, 2.24) is 31.9 Å². The third-order valence-electron chi connectivity index (χ3n) is 14.5. The van der Waals surface area contributed by atoms with Gasteiger partial charge in [-0.2, -0.15) is 0 Å². The second kappa shape index (κ2) is 45.8. The van der Waals surface area contributed by atoms with E-state index in [1.54, 1.807) is 48.5 Å². The molecule has 7 atom stereocenters. The van der Waals surface area contributed by atoms with Crippen molar-refractivity contribution in [2.24, 2.45) is 39.9 Å². The molecule has 0 aromatic heterocycles. The number of aliphatic imine (C=N–C) groups is 1. The molecule has 94 heavy (non-hydrogen) atoms. The Bertz CT molecular complexity index is 2890. The van der Waals surface area contributed by atoms with Crippen LogP contribution in [0.2, 0.25) is 0 Å². The molecule has 2 saturated heterocycles. The third-order valence-corrected chi connectivity index (χ3v) is 18.7. The van der Waals surface area contributed by atoms with E-state index in [2.05, 4.69) is 59.5 Å². The molecule has 2 bridgehead atoms. The lowest BCUT2D eigenvalue weighted by Crippen LogP contribution is -2.53. The minimum absolute atomic E-state index is 0.0159. The van der Waals surface area contributed by atoms with Gasteiger partial charge in [-0.15, -0.1) is 11.8 Å². The van der Waals surface area contributed by atoms with E-state index in [1.807, 2.05) is 6.07 Å². The quantitative estimate of drug-likeness (QED) is 0.0157. The molecule has 28 nitrogen and oxygen atoms in total. The van der Waals surface area contributed by atoms with Crippen LogP contribution in [-0.2, 0) is 82.9 Å². The van der Waals surface area contributed by atoms with Gasteiger partial charge in [0.2, 0.25) is 35.4 Å². The zero-order chi connectivity index (χ0) is 68.6. The van der Waals surface area contributed by atoms with E-state index in [0.29, 0.717) is 30.6 Å². The molecule has 4 rings (SSSR count). The fourth-order valence-corrected chi connectivity index (χ4v) is 13.5. The minimum Gasteiger partial charge on any atom is -0.481 e. The van der Waals surface area contributed by atoms with Crippen molar-refractivity contribution in [1.29, 1.82) is 0 Å². The van der Waals surface area contributed by atoms with Crippen LogP contribution in [-0.4, -0.2) is 207 Å². The van der Waals surface area contributed by atoms with Gasteiger partial charge < -0.3 is 73.2 Å². The number of Topliss-reactive ketones (excluding diaryl/α,β-unsaturated/α-hetero) is 5. The van der Waals surface area contributed by atoms with Gasteiger partial charge in [0, 0.05) is 96.6 Å². The second-order valence-corrected chi connectivity index (χ2v) is 27.1. The van der Waals surface area contributed by atoms with Gasteiger partial charge in [0.1, 0.15) is 19.3 Å². The number of amides is 7. The predicted molar refractivity (Wildman–Crippen MR) is 361 cm³/mol. The molecule has 0 aliphatic carbocycles. The molecule has 13 N–H and O–H groups in total. The Kier molecular flexibility index (Phi) is 38.9. The first kappa shape index (κ1) is 79.9. The number of ether oxygens (including phenoxy) is 4. The number of carbonyl (C=O) groups excluding carboxylic acids is 12. The number of primary amides is 1. The summed E-state index contributed by atoms with van der Waals surface area (Å²) in [6.07, 6.45) is -0.801. The largest absolute Gasteiger partial charge is 0.481 e. The predicted octanol–water partition coefficient (Wildman–Crippen LogP) is 1.14. The van der Waals surface area contributed by atoms with Crippen molar-refractivity contribution in [3.8, 4) is 0 Å². The summed E-state index contributed by atoms with van der Waals surface area (Å²) in [5, 5.41) is 26.3. The number of carbonyl (C=O) groups is 13. The van der Waals surface area contributed by atoms with Gasteiger partial charge in [-0.1, -0.05) is 58.0 Å². The van der Waals surface area contributed by atoms with Crippen LogP contribution >= 0.6 is 55.9 Å². The number of aliphatic carboxylic acids is 1. The average molecular weight is 1480 g/mol. The number of rotatable bonds is 33. The Hall–Kier alpha value is -6.56. The number of carboxylic acids is 1. The molecular formula is C62H87IN10O18S3. The summed E-state index contributed by atoms with van der Waals surface area (Å²) in [7, 11) is 2.04. The molecule has 0 radical (unpaired) electrons. The van der Waals surface area contributed by atoms with E-state index in [0.717, 1.165) is 36.9 Å². The molecule has 7 amide bonds. The Morgan fingerprint density at radius 2 is 1.28 bits per heavy atom. The highest BCUT2D eigenvalue weighted by Crippen LogP contribution is 2.27. The monoisotopic (exact) mass is 1480 g/mol. The highest BCUT2D eigenvalue weighted by molar-refractivity contribution is 14.1. The number of hydrogen-bond donors (Lipinski definition) is 10. The summed E-state index contributed by atoms with van der Waals surface area (Å²) in [6, 6.07) is 10.5. The standard InChI is InChI=1S/C62H87IN10O18S3/c63-44-14-6-12-40(27-44)57(83)67-18-5-4-16-47-61(87)73-50-37-94-93-36-49(72-60(86)43(31-56(81)82)28-46(75)32-69-58(84)41(29-52(50)77)13-7-19-68-62(65)66)53(78)30-42(26-39-10-2-1-3-11-39)59(85)71-48(35-92-38-55(80)70-47)51(76)17-9-21-89-23-25-90-24-22-88-20-8-15-45(74)33-91-34-54(64)79/h1-3,6,10-12,14,27,41-43,47-50H,4-5,7-9,13,15-26,28-38H2,(H2,64,79)(H,67,83)(H,69,84)(H,70,80)(H,71,85)(H,72,86)(H,73,87)(H,81,82)(H4,65,66,68)/t41-,42-,43+,47+,48+,49+,50+/m1/s1/i63-4. The van der Waals surface area contributed by atoms with E-state index in [4.69, 9.17) is 36.1 Å². The van der Waals surface area contributed by atoms with Gasteiger partial charge in [-0.05, 0) is 97.7 Å². The molecule has 0 unspecified atom stereocenters. The summed E-state index contributed by atoms with van der Waals surface area (Å²) >= 11 is 3.08. The molecule has 2 aliphatic rings. The lowest BCUT2D eigenvalue weighted by Gasteiger charge is -2.26. The van der Waals surface area contributed by atoms with E-state index in [-0.39, 0.29) is 151 Å². The zero-order valence-corrected chi connectivity index (χ0v) is 57.0. The first-order valence-electron chi connectivity index (χ1n) is 30.9. The number of thioether (sulfide) groups is 1. The van der Waals surface area contributed by atoms with Crippen LogP contribution in [0, 0.1) is 21.3 Å². The van der Waals surface area contributed by atoms with E-state index in [1.165, 1.54) is 0 Å². The Labute approximate surface area is 571 Å². The van der Waals surface area contributed by atoms with Crippen LogP contribution in [0.25, 0.3) is 0 Å². The lowest BCUT2D eigenvalue weighted by atomic mass is 9.90. The SMILES string of the molecule is NC(=O)COCC(=O)CCCOCCOCCOCCCC(=O)[C@@H]1CSCC(=O)N[C@@H](CCCCNC(=O)c2cccc([123I])c2)C(=O)N[C@H]2CSSC[C@H](NC(=O)[C@H](CC(=O)O)CC(=O)CNC(=O)[C@H](CCCN=C(N)N)CC2=O)C(=O)C[C@@H](Cc2ccccc2)C(=O)N1. The molecule has 2 heterocycles. The van der Waals surface area contributed by atoms with Crippen molar-refractivity contribution in [2.45, 2.75) is 114 Å². The van der Waals surface area contributed by atoms with Gasteiger partial charge in [-0.25, -0.2) is 0 Å². The van der Waals surface area contributed by atoms with Gasteiger partial charge in [-0.3, -0.25) is 67.3 Å². The Morgan fingerprint density at radius 3 is 1.93 bits per heavy atom. The van der Waals surface area contributed by atoms with Crippen LogP contribution in [0.15, 0.2) is 59.6 Å². The third kappa shape index (κ3) is 33.7. The van der Waals surface area contributed by atoms with Gasteiger partial charge >= 0.3 is 5.97 Å². The maximum atomic E-state index is 14.8. The molecule has 0 spiro atoms. The zero-order valence-electron chi connectivity index (χ0n) is 52.4. The lowest BCUT2D eigenvalue weighted by molar-refractivity contribution is -0.142. The number of halogens is 1. The first-order valence-corrected chi connectivity index (χ1v) is 35.7. The number of nitrogens with one attached hydrogen (secondary N) is 6. The molecule has 2 fully saturated rings. The summed E-state index contributed by atoms with van der Waals surface area (Å²) in [5.41, 5.74) is 17.2. The molecule has 32 heteroatoms. The summed E-state index contributed by atoms with van der Waals surface area (Å²) < 4.78 is 22.6. The van der Waals surface area contributed by atoms with Crippen LogP contribution < -0.4 is 49.1 Å². The molecule has 2 aromatic carbocycles. The van der Waals surface area contributed by atoms with Gasteiger partial charge in [0.15, 0.2) is 34.9 Å². The van der Waals surface area contributed by atoms with Crippen molar-refractivity contribution in [2.75, 3.05) is 95.5 Å². The Morgan fingerprint density at radius 1 is 0.638 bits per heavy atom. The van der Waals surface area contributed by atoms with Crippen molar-refractivity contribution in [3.05, 3.63) is 69.3 Å². The summed E-state index contributed by atoms with van der Waals surface area (Å²) in [4.78, 5) is 180. The molecular weight excluding hydrogens is 1390 g/mol. The van der Waals surface area contributed by atoms with E-state index < -0.39 is 139 Å². The molecule has 518 valence electrons. The topological polar surface area (TPSA) is 442 Å². The second-order valence-electron chi connectivity index (χ2n) is 22.3. The average Bonchev–Trinajstić information content (AvgIpc) is 1.04. The smallest absolute Gasteiger partial charge is 0.304 e. The number of ketones is 5. The van der Waals surface area contributed by atoms with E-state index in [9.17, 15) is 67.4 Å². The van der Waals surface area contributed by atoms with Crippen LogP contribution in [0.1, 0.15) is 99.4 Å². The number of carboxylic acid groups (broad SMARTS) is 1. The summed E-state index contributed by atoms with van der Waals surface area (Å²) in [6.45, 7) is 0.372. The van der Waals surface area contributed by atoms with Crippen LogP contribution in [0.4, 0.5) is 0 Å². The number of unbranched alkanes of at least 4 members (excludes halogenated alkanes) is 1. The maximum Gasteiger partial charge on any atom is 0.304 e. The number of nitrogens with zero attached hydrogens (tertiary/aromatic N) is 1. The van der Waals surface area contributed by atoms with Crippen molar-refractivity contribution < 1.29 is 86.4 Å². The molecule has 0 saturated carbocycles. The van der Waals surface area contributed by atoms with Crippen molar-refractivity contribution >= 4 is 138 Å². The maximum absolute atomic E-state index is 14.8. The Balaban J connectivity index is 1.63. The number of nitrogens with two attached hydrogens (primary N) is 3. The number of hydrogen-bond acceptors (Lipinski definition) is 21. The normalized spacial score (nSPS) is 21.0. The highest BCUT2D eigenvalue weighted by Gasteiger charge is 2.36. The molecule has 2 aliphatic heterocycles. The number of guanidine groups is 1. The van der Waals surface area contributed by atoms with Gasteiger partial charge in [0.05, 0.1) is 69.2 Å². The fourth-order valence-electron chi connectivity index (χ4n) is 9.63. The first-order chi connectivity index (χ1) is 45.1. The number of fused-ring (bicyclic) bond motifs is 5.